The summed E-state index contributed by atoms with van der Waals surface area (Å²) < 4.78 is 5.49. The second-order valence-electron chi connectivity index (χ2n) is 7.27. The van der Waals surface area contributed by atoms with E-state index in [-0.39, 0.29) is 24.0 Å². The van der Waals surface area contributed by atoms with E-state index in [9.17, 15) is 0 Å². The molecule has 2 saturated heterocycles. The van der Waals surface area contributed by atoms with Crippen LogP contribution in [0.5, 0.6) is 0 Å². The maximum atomic E-state index is 5.49. The van der Waals surface area contributed by atoms with Crippen LogP contribution in [0.4, 0.5) is 0 Å². The van der Waals surface area contributed by atoms with Crippen LogP contribution < -0.4 is 5.32 Å². The average Bonchev–Trinajstić information content (AvgIpc) is 3.05. The summed E-state index contributed by atoms with van der Waals surface area (Å²) in [5, 5.41) is 3.44. The maximum Gasteiger partial charge on any atom is 0.193 e. The van der Waals surface area contributed by atoms with E-state index in [1.807, 2.05) is 0 Å². The number of hydrogen-bond acceptors (Lipinski definition) is 3. The number of rotatable bonds is 7. The highest BCUT2D eigenvalue weighted by Gasteiger charge is 2.19. The second-order valence-corrected chi connectivity index (χ2v) is 7.27. The maximum absolute atomic E-state index is 5.49. The van der Waals surface area contributed by atoms with Crippen molar-refractivity contribution >= 4 is 29.9 Å². The number of nitrogens with one attached hydrogen (secondary N) is 1. The fraction of sp³-hybridized carbons (Fsp3) is 0.944. The van der Waals surface area contributed by atoms with Crippen LogP contribution in [0.15, 0.2) is 4.99 Å². The van der Waals surface area contributed by atoms with Crippen LogP contribution in [0.2, 0.25) is 0 Å². The SMILES string of the molecule is CCNC(=NCC(C)CN1CCCCC1)N(C)CC1CCOC1.I. The molecule has 2 heterocycles. The van der Waals surface area contributed by atoms with Crippen LogP contribution in [0.25, 0.3) is 0 Å². The summed E-state index contributed by atoms with van der Waals surface area (Å²) in [7, 11) is 2.15. The lowest BCUT2D eigenvalue weighted by Crippen LogP contribution is -2.42. The molecule has 0 bridgehead atoms. The first-order chi connectivity index (χ1) is 11.2. The highest BCUT2D eigenvalue weighted by atomic mass is 127. The van der Waals surface area contributed by atoms with Crippen molar-refractivity contribution in [1.29, 1.82) is 0 Å². The van der Waals surface area contributed by atoms with E-state index in [0.717, 1.165) is 38.8 Å². The lowest BCUT2D eigenvalue weighted by molar-refractivity contribution is 0.181. The zero-order valence-electron chi connectivity index (χ0n) is 15.8. The summed E-state index contributed by atoms with van der Waals surface area (Å²) in [6.45, 7) is 12.9. The molecule has 0 aromatic carbocycles. The van der Waals surface area contributed by atoms with Crippen molar-refractivity contribution in [1.82, 2.24) is 15.1 Å². The Kier molecular flexibility index (Phi) is 11.3. The van der Waals surface area contributed by atoms with Crippen LogP contribution in [0.3, 0.4) is 0 Å². The molecule has 0 spiro atoms. The number of piperidine rings is 1. The summed E-state index contributed by atoms with van der Waals surface area (Å²) in [6.07, 6.45) is 5.31. The molecule has 2 rings (SSSR count). The van der Waals surface area contributed by atoms with Crippen molar-refractivity contribution in [2.75, 3.05) is 59.5 Å². The van der Waals surface area contributed by atoms with Crippen molar-refractivity contribution in [3.63, 3.8) is 0 Å². The Morgan fingerprint density at radius 3 is 2.71 bits per heavy atom. The van der Waals surface area contributed by atoms with E-state index in [1.54, 1.807) is 0 Å². The quantitative estimate of drug-likeness (QED) is 0.367. The fourth-order valence-corrected chi connectivity index (χ4v) is 3.55. The molecule has 2 aliphatic heterocycles. The lowest BCUT2D eigenvalue weighted by Gasteiger charge is -2.29. The fourth-order valence-electron chi connectivity index (χ4n) is 3.55. The van der Waals surface area contributed by atoms with E-state index < -0.39 is 0 Å². The Hall–Kier alpha value is -0.0800. The molecule has 2 atom stereocenters. The summed E-state index contributed by atoms with van der Waals surface area (Å²) >= 11 is 0. The van der Waals surface area contributed by atoms with Gasteiger partial charge in [0.1, 0.15) is 0 Å². The summed E-state index contributed by atoms with van der Waals surface area (Å²) in [5.74, 6) is 2.31. The Balaban J connectivity index is 0.00000288. The largest absolute Gasteiger partial charge is 0.381 e. The number of likely N-dealkylation sites (tertiary alicyclic amines) is 1. The normalized spacial score (nSPS) is 23.6. The van der Waals surface area contributed by atoms with Gasteiger partial charge in [0.05, 0.1) is 6.61 Å². The highest BCUT2D eigenvalue weighted by molar-refractivity contribution is 14.0. The molecule has 5 nitrogen and oxygen atoms in total. The molecule has 0 saturated carbocycles. The minimum absolute atomic E-state index is 0. The molecular weight excluding hydrogens is 415 g/mol. The second kappa shape index (κ2) is 12.3. The molecule has 24 heavy (non-hydrogen) atoms. The highest BCUT2D eigenvalue weighted by Crippen LogP contribution is 2.14. The van der Waals surface area contributed by atoms with Gasteiger partial charge in [-0.15, -0.1) is 24.0 Å². The van der Waals surface area contributed by atoms with Gasteiger partial charge in [0.15, 0.2) is 5.96 Å². The van der Waals surface area contributed by atoms with Gasteiger partial charge in [0.25, 0.3) is 0 Å². The first-order valence-corrected chi connectivity index (χ1v) is 9.48. The van der Waals surface area contributed by atoms with E-state index in [2.05, 4.69) is 36.0 Å². The van der Waals surface area contributed by atoms with Gasteiger partial charge in [-0.05, 0) is 45.2 Å². The summed E-state index contributed by atoms with van der Waals surface area (Å²) in [6, 6.07) is 0. The molecule has 2 aliphatic rings. The predicted molar refractivity (Wildman–Crippen MR) is 112 cm³/mol. The summed E-state index contributed by atoms with van der Waals surface area (Å²) in [4.78, 5) is 9.77. The van der Waals surface area contributed by atoms with Crippen LogP contribution in [-0.4, -0.2) is 75.3 Å². The van der Waals surface area contributed by atoms with Crippen molar-refractivity contribution in [3.05, 3.63) is 0 Å². The van der Waals surface area contributed by atoms with Crippen LogP contribution in [0, 0.1) is 11.8 Å². The molecule has 0 aliphatic carbocycles. The molecule has 6 heteroatoms. The molecule has 0 amide bonds. The van der Waals surface area contributed by atoms with Crippen molar-refractivity contribution in [2.24, 2.45) is 16.8 Å². The van der Waals surface area contributed by atoms with E-state index >= 15 is 0 Å². The van der Waals surface area contributed by atoms with Crippen molar-refractivity contribution in [3.8, 4) is 0 Å². The van der Waals surface area contributed by atoms with E-state index in [4.69, 9.17) is 9.73 Å². The Bertz CT molecular complexity index is 355. The smallest absolute Gasteiger partial charge is 0.193 e. The predicted octanol–water partition coefficient (Wildman–Crippen LogP) is 2.66. The number of nitrogens with zero attached hydrogens (tertiary/aromatic N) is 3. The van der Waals surface area contributed by atoms with Gasteiger partial charge in [-0.2, -0.15) is 0 Å². The third kappa shape index (κ3) is 7.87. The van der Waals surface area contributed by atoms with Crippen LogP contribution in [0.1, 0.15) is 39.5 Å². The van der Waals surface area contributed by atoms with Gasteiger partial charge in [-0.25, -0.2) is 0 Å². The van der Waals surface area contributed by atoms with Crippen molar-refractivity contribution < 1.29 is 4.74 Å². The average molecular weight is 452 g/mol. The zero-order valence-corrected chi connectivity index (χ0v) is 18.1. The zero-order chi connectivity index (χ0) is 16.5. The van der Waals surface area contributed by atoms with Gasteiger partial charge in [0, 0.05) is 45.8 Å². The monoisotopic (exact) mass is 452 g/mol. The molecule has 142 valence electrons. The molecule has 1 N–H and O–H groups in total. The number of ether oxygens (including phenoxy) is 1. The summed E-state index contributed by atoms with van der Waals surface area (Å²) in [5.41, 5.74) is 0. The Labute approximate surface area is 165 Å². The van der Waals surface area contributed by atoms with Gasteiger partial charge in [0.2, 0.25) is 0 Å². The third-order valence-electron chi connectivity index (χ3n) is 4.82. The molecule has 2 fully saturated rings. The van der Waals surface area contributed by atoms with Gasteiger partial charge in [-0.1, -0.05) is 13.3 Å². The molecule has 0 aromatic heterocycles. The Morgan fingerprint density at radius 1 is 1.33 bits per heavy atom. The number of aliphatic imine (C=N–C) groups is 1. The standard InChI is InChI=1S/C18H36N4O.HI/c1-4-19-18(21(3)14-17-8-11-23-15-17)20-12-16(2)13-22-9-6-5-7-10-22;/h16-17H,4-15H2,1-3H3,(H,19,20);1H. The molecular formula is C18H37IN4O. The first kappa shape index (κ1) is 22.0. The Morgan fingerprint density at radius 2 is 2.08 bits per heavy atom. The number of hydrogen-bond donors (Lipinski definition) is 1. The minimum atomic E-state index is 0. The number of guanidine groups is 1. The van der Waals surface area contributed by atoms with Crippen LogP contribution >= 0.6 is 24.0 Å². The van der Waals surface area contributed by atoms with E-state index in [1.165, 1.54) is 45.3 Å². The van der Waals surface area contributed by atoms with Gasteiger partial charge >= 0.3 is 0 Å². The van der Waals surface area contributed by atoms with E-state index in [0.29, 0.717) is 11.8 Å². The third-order valence-corrected chi connectivity index (χ3v) is 4.82. The minimum Gasteiger partial charge on any atom is -0.381 e. The van der Waals surface area contributed by atoms with Crippen molar-refractivity contribution in [2.45, 2.75) is 39.5 Å². The molecule has 0 aromatic rings. The van der Waals surface area contributed by atoms with Crippen LogP contribution in [-0.2, 0) is 4.74 Å². The topological polar surface area (TPSA) is 40.1 Å². The molecule has 2 unspecified atom stereocenters. The number of halogens is 1. The molecule has 0 radical (unpaired) electrons. The van der Waals surface area contributed by atoms with Gasteiger partial charge in [-0.3, -0.25) is 4.99 Å². The van der Waals surface area contributed by atoms with Gasteiger partial charge < -0.3 is 19.9 Å². The lowest BCUT2D eigenvalue weighted by atomic mass is 10.1. The first-order valence-electron chi connectivity index (χ1n) is 9.48.